The number of nitrogens with one attached hydrogen (secondary N) is 1. The Balaban J connectivity index is 1.72. The van der Waals surface area contributed by atoms with Crippen LogP contribution in [0.5, 0.6) is 11.6 Å². The van der Waals surface area contributed by atoms with Crippen molar-refractivity contribution < 1.29 is 4.74 Å². The average molecular weight is 294 g/mol. The highest BCUT2D eigenvalue weighted by Crippen LogP contribution is 2.23. The van der Waals surface area contributed by atoms with Crippen molar-refractivity contribution in [3.8, 4) is 17.7 Å². The van der Waals surface area contributed by atoms with Gasteiger partial charge in [-0.2, -0.15) is 5.26 Å². The van der Waals surface area contributed by atoms with Gasteiger partial charge in [-0.05, 0) is 29.8 Å². The highest BCUT2D eigenvalue weighted by atomic mass is 16.5. The Bertz CT molecular complexity index is 674. The van der Waals surface area contributed by atoms with Gasteiger partial charge >= 0.3 is 0 Å². The maximum atomic E-state index is 9.08. The second-order valence-corrected chi connectivity index (χ2v) is 5.24. The molecule has 0 aliphatic carbocycles. The normalized spacial score (nSPS) is 15.2. The maximum Gasteiger partial charge on any atom is 0.237 e. The van der Waals surface area contributed by atoms with Crippen molar-refractivity contribution in [2.24, 2.45) is 0 Å². The van der Waals surface area contributed by atoms with Crippen LogP contribution in [0.1, 0.15) is 11.1 Å². The van der Waals surface area contributed by atoms with E-state index >= 15 is 0 Å². The molecule has 112 valence electrons. The average Bonchev–Trinajstić information content (AvgIpc) is 2.57. The molecule has 0 unspecified atom stereocenters. The summed E-state index contributed by atoms with van der Waals surface area (Å²) in [6, 6.07) is 13.5. The summed E-state index contributed by atoms with van der Waals surface area (Å²) in [7, 11) is 0. The predicted molar refractivity (Wildman–Crippen MR) is 83.6 cm³/mol. The van der Waals surface area contributed by atoms with Gasteiger partial charge in [0.25, 0.3) is 0 Å². The van der Waals surface area contributed by atoms with Crippen LogP contribution in [0.2, 0.25) is 0 Å². The summed E-state index contributed by atoms with van der Waals surface area (Å²) < 4.78 is 5.77. The molecule has 2 aromatic rings. The summed E-state index contributed by atoms with van der Waals surface area (Å²) in [6.07, 6.45) is 1.63. The van der Waals surface area contributed by atoms with Gasteiger partial charge in [0.2, 0.25) is 5.88 Å². The molecule has 1 N–H and O–H groups in total. The number of pyridine rings is 1. The number of rotatable bonds is 4. The van der Waals surface area contributed by atoms with Gasteiger partial charge in [0.1, 0.15) is 17.4 Å². The van der Waals surface area contributed by atoms with Crippen molar-refractivity contribution in [2.75, 3.05) is 26.2 Å². The zero-order valence-corrected chi connectivity index (χ0v) is 12.3. The molecule has 1 aromatic carbocycles. The third-order valence-corrected chi connectivity index (χ3v) is 3.62. The highest BCUT2D eigenvalue weighted by molar-refractivity contribution is 5.40. The van der Waals surface area contributed by atoms with E-state index in [1.54, 1.807) is 18.3 Å². The van der Waals surface area contributed by atoms with Crippen LogP contribution in [0.15, 0.2) is 42.6 Å². The molecule has 0 spiro atoms. The maximum absolute atomic E-state index is 9.08. The first kappa shape index (κ1) is 14.5. The van der Waals surface area contributed by atoms with Gasteiger partial charge in [-0.15, -0.1) is 0 Å². The van der Waals surface area contributed by atoms with Crippen LogP contribution in [0.4, 0.5) is 0 Å². The van der Waals surface area contributed by atoms with Crippen molar-refractivity contribution in [3.05, 3.63) is 53.7 Å². The van der Waals surface area contributed by atoms with Crippen LogP contribution in [-0.4, -0.2) is 36.1 Å². The fraction of sp³-hybridized carbons (Fsp3) is 0.294. The zero-order chi connectivity index (χ0) is 15.2. The fourth-order valence-corrected chi connectivity index (χ4v) is 2.50. The first-order valence-corrected chi connectivity index (χ1v) is 7.40. The molecule has 1 saturated heterocycles. The van der Waals surface area contributed by atoms with Crippen molar-refractivity contribution in [3.63, 3.8) is 0 Å². The molecule has 0 saturated carbocycles. The number of hydrogen-bond donors (Lipinski definition) is 1. The topological polar surface area (TPSA) is 61.2 Å². The number of aromatic nitrogens is 1. The van der Waals surface area contributed by atoms with E-state index in [-0.39, 0.29) is 0 Å². The summed E-state index contributed by atoms with van der Waals surface area (Å²) in [5.74, 6) is 1.06. The lowest BCUT2D eigenvalue weighted by Crippen LogP contribution is -2.42. The lowest BCUT2D eigenvalue weighted by atomic mass is 10.2. The van der Waals surface area contributed by atoms with Gasteiger partial charge < -0.3 is 10.1 Å². The number of hydrogen-bond acceptors (Lipinski definition) is 5. The third-order valence-electron chi connectivity index (χ3n) is 3.62. The number of piperazine rings is 1. The van der Waals surface area contributed by atoms with Crippen LogP contribution < -0.4 is 10.1 Å². The molecule has 0 bridgehead atoms. The van der Waals surface area contributed by atoms with Gasteiger partial charge in [0, 0.05) is 38.9 Å². The van der Waals surface area contributed by atoms with Crippen LogP contribution >= 0.6 is 0 Å². The largest absolute Gasteiger partial charge is 0.438 e. The van der Waals surface area contributed by atoms with E-state index in [2.05, 4.69) is 27.3 Å². The Morgan fingerprint density at radius 2 is 2.09 bits per heavy atom. The molecule has 2 heterocycles. The summed E-state index contributed by atoms with van der Waals surface area (Å²) >= 11 is 0. The van der Waals surface area contributed by atoms with E-state index in [0.717, 1.165) is 32.7 Å². The van der Waals surface area contributed by atoms with E-state index in [0.29, 0.717) is 17.2 Å². The minimum atomic E-state index is 0.351. The van der Waals surface area contributed by atoms with Gasteiger partial charge in [-0.25, -0.2) is 4.98 Å². The SMILES string of the molecule is N#Cc1cccnc1Oc1cccc(CN2CCNCC2)c1. The molecule has 1 fully saturated rings. The highest BCUT2D eigenvalue weighted by Gasteiger charge is 2.11. The first-order valence-electron chi connectivity index (χ1n) is 7.40. The van der Waals surface area contributed by atoms with Crippen LogP contribution in [0.25, 0.3) is 0 Å². The van der Waals surface area contributed by atoms with E-state index < -0.39 is 0 Å². The third kappa shape index (κ3) is 3.61. The standard InChI is InChI=1S/C17H18N4O/c18-12-15-4-2-6-20-17(15)22-16-5-1-3-14(11-16)13-21-9-7-19-8-10-21/h1-6,11,19H,7-10,13H2. The molecule has 5 nitrogen and oxygen atoms in total. The van der Waals surface area contributed by atoms with Gasteiger partial charge in [-0.3, -0.25) is 4.90 Å². The predicted octanol–water partition coefficient (Wildman–Crippen LogP) is 2.15. The Kier molecular flexibility index (Phi) is 4.64. The van der Waals surface area contributed by atoms with Gasteiger partial charge in [0.05, 0.1) is 0 Å². The molecule has 0 amide bonds. The number of ether oxygens (including phenoxy) is 1. The zero-order valence-electron chi connectivity index (χ0n) is 12.3. The Morgan fingerprint density at radius 3 is 2.91 bits per heavy atom. The van der Waals surface area contributed by atoms with Crippen molar-refractivity contribution in [1.82, 2.24) is 15.2 Å². The monoisotopic (exact) mass is 294 g/mol. The quantitative estimate of drug-likeness (QED) is 0.936. The minimum Gasteiger partial charge on any atom is -0.438 e. The van der Waals surface area contributed by atoms with Crippen LogP contribution in [0.3, 0.4) is 0 Å². The van der Waals surface area contributed by atoms with Gasteiger partial charge in [-0.1, -0.05) is 12.1 Å². The number of nitriles is 1. The van der Waals surface area contributed by atoms with E-state index in [1.807, 2.05) is 18.2 Å². The Morgan fingerprint density at radius 1 is 1.23 bits per heavy atom. The number of nitrogens with zero attached hydrogens (tertiary/aromatic N) is 3. The van der Waals surface area contributed by atoms with Crippen molar-refractivity contribution >= 4 is 0 Å². The second kappa shape index (κ2) is 7.03. The van der Waals surface area contributed by atoms with Crippen LogP contribution in [-0.2, 0) is 6.54 Å². The van der Waals surface area contributed by atoms with E-state index in [4.69, 9.17) is 10.00 Å². The molecule has 22 heavy (non-hydrogen) atoms. The lowest BCUT2D eigenvalue weighted by Gasteiger charge is -2.27. The summed E-state index contributed by atoms with van der Waals surface area (Å²) in [6.45, 7) is 5.10. The minimum absolute atomic E-state index is 0.351. The molecule has 1 aliphatic rings. The van der Waals surface area contributed by atoms with Crippen molar-refractivity contribution in [1.29, 1.82) is 5.26 Å². The molecule has 3 rings (SSSR count). The summed E-state index contributed by atoms with van der Waals surface area (Å²) in [5.41, 5.74) is 1.64. The van der Waals surface area contributed by atoms with Crippen molar-refractivity contribution in [2.45, 2.75) is 6.54 Å². The van der Waals surface area contributed by atoms with E-state index in [9.17, 15) is 0 Å². The molecular formula is C17H18N4O. The Hall–Kier alpha value is -2.42. The van der Waals surface area contributed by atoms with E-state index in [1.165, 1.54) is 5.56 Å². The second-order valence-electron chi connectivity index (χ2n) is 5.24. The molecule has 0 atom stereocenters. The molecular weight excluding hydrogens is 276 g/mol. The summed E-state index contributed by atoms with van der Waals surface area (Å²) in [5, 5.41) is 12.4. The molecule has 1 aliphatic heterocycles. The molecule has 5 heteroatoms. The molecule has 1 aromatic heterocycles. The summed E-state index contributed by atoms with van der Waals surface area (Å²) in [4.78, 5) is 6.54. The first-order chi connectivity index (χ1) is 10.8. The van der Waals surface area contributed by atoms with Crippen LogP contribution in [0, 0.1) is 11.3 Å². The van der Waals surface area contributed by atoms with Gasteiger partial charge in [0.15, 0.2) is 0 Å². The smallest absolute Gasteiger partial charge is 0.237 e. The lowest BCUT2D eigenvalue weighted by molar-refractivity contribution is 0.233. The number of benzene rings is 1. The fourth-order valence-electron chi connectivity index (χ4n) is 2.50. The molecule has 0 radical (unpaired) electrons. The Labute approximate surface area is 130 Å².